The number of aryl methyl sites for hydroxylation is 2. The number of hydrazine groups is 1. The third-order valence-corrected chi connectivity index (χ3v) is 2.74. The van der Waals surface area contributed by atoms with Crippen LogP contribution in [0.2, 0.25) is 0 Å². The number of carbonyl (C=O) groups is 1. The van der Waals surface area contributed by atoms with E-state index in [1.807, 2.05) is 32.9 Å². The minimum Gasteiger partial charge on any atom is -0.409 e. The van der Waals surface area contributed by atoms with E-state index in [4.69, 9.17) is 4.74 Å². The Morgan fingerprint density at radius 1 is 1.28 bits per heavy atom. The van der Waals surface area contributed by atoms with E-state index in [2.05, 4.69) is 12.0 Å². The number of ether oxygens (including phenoxy) is 1. The number of allylic oxidation sites excluding steroid dienone is 1. The molecule has 0 spiro atoms. The molecule has 0 radical (unpaired) electrons. The van der Waals surface area contributed by atoms with Crippen molar-refractivity contribution in [2.45, 2.75) is 27.7 Å². The van der Waals surface area contributed by atoms with Crippen LogP contribution < -0.4 is 10.2 Å². The van der Waals surface area contributed by atoms with Crippen LogP contribution in [0.1, 0.15) is 23.6 Å². The molecule has 1 rings (SSSR count). The molecule has 0 saturated heterocycles. The first-order valence-electron chi connectivity index (χ1n) is 5.77. The first-order chi connectivity index (χ1) is 8.31. The van der Waals surface area contributed by atoms with Crippen molar-refractivity contribution < 1.29 is 9.53 Å². The fourth-order valence-electron chi connectivity index (χ4n) is 1.56. The van der Waals surface area contributed by atoms with Gasteiger partial charge in [-0.15, -0.1) is 0 Å². The first-order valence-corrected chi connectivity index (χ1v) is 5.77. The van der Waals surface area contributed by atoms with Gasteiger partial charge >= 0.3 is 6.09 Å². The summed E-state index contributed by atoms with van der Waals surface area (Å²) in [5, 5.41) is 1.26. The van der Waals surface area contributed by atoms with E-state index in [-0.39, 0.29) is 0 Å². The van der Waals surface area contributed by atoms with E-state index in [1.165, 1.54) is 10.6 Å². The lowest BCUT2D eigenvalue weighted by molar-refractivity contribution is 0.148. The maximum atomic E-state index is 11.8. The van der Waals surface area contributed by atoms with Gasteiger partial charge in [0.15, 0.2) is 0 Å². The normalized spacial score (nSPS) is 9.83. The fraction of sp³-hybridized carbons (Fsp3) is 0.357. The lowest BCUT2D eigenvalue weighted by Gasteiger charge is -2.19. The molecule has 1 aromatic carbocycles. The van der Waals surface area contributed by atoms with Crippen LogP contribution in [0.4, 0.5) is 4.79 Å². The van der Waals surface area contributed by atoms with Gasteiger partial charge in [-0.2, -0.15) is 0 Å². The van der Waals surface area contributed by atoms with Crippen LogP contribution in [0.15, 0.2) is 24.4 Å². The van der Waals surface area contributed by atoms with Crippen molar-refractivity contribution in [2.24, 2.45) is 0 Å². The molecular weight excluding hydrogens is 228 g/mol. The lowest BCUT2D eigenvalue weighted by atomic mass is 10.0. The minimum absolute atomic E-state index is 0.472. The predicted octanol–water partition coefficient (Wildman–Crippen LogP) is 3.08. The molecule has 1 amide bonds. The quantitative estimate of drug-likeness (QED) is 0.836. The van der Waals surface area contributed by atoms with Crippen molar-refractivity contribution in [1.82, 2.24) is 10.4 Å². The molecule has 4 heteroatoms. The Hall–Kier alpha value is -1.97. The summed E-state index contributed by atoms with van der Waals surface area (Å²) in [6, 6.07) is 3.71. The summed E-state index contributed by atoms with van der Waals surface area (Å²) in [5.41, 5.74) is 6.86. The van der Waals surface area contributed by atoms with E-state index in [0.29, 0.717) is 11.4 Å². The van der Waals surface area contributed by atoms with E-state index >= 15 is 0 Å². The van der Waals surface area contributed by atoms with Gasteiger partial charge in [-0.25, -0.2) is 9.80 Å². The smallest absolute Gasteiger partial charge is 0.409 e. The molecule has 0 aliphatic rings. The molecule has 1 N–H and O–H groups in total. The highest BCUT2D eigenvalue weighted by Gasteiger charge is 2.12. The van der Waals surface area contributed by atoms with E-state index in [1.54, 1.807) is 14.0 Å². The van der Waals surface area contributed by atoms with Crippen molar-refractivity contribution in [3.8, 4) is 5.75 Å². The molecule has 0 heterocycles. The number of amides is 1. The number of hydrogen-bond acceptors (Lipinski definition) is 3. The number of nitrogens with zero attached hydrogens (tertiary/aromatic N) is 1. The Kier molecular flexibility index (Phi) is 4.37. The van der Waals surface area contributed by atoms with Crippen molar-refractivity contribution in [3.63, 3.8) is 0 Å². The molecule has 1 aromatic rings. The predicted molar refractivity (Wildman–Crippen MR) is 72.4 cm³/mol. The van der Waals surface area contributed by atoms with E-state index in [9.17, 15) is 4.79 Å². The Morgan fingerprint density at radius 2 is 1.78 bits per heavy atom. The summed E-state index contributed by atoms with van der Waals surface area (Å²) in [6.07, 6.45) is -0.472. The van der Waals surface area contributed by atoms with Crippen LogP contribution in [-0.4, -0.2) is 18.1 Å². The number of carbonyl (C=O) groups excluding carboxylic acids is 1. The standard InChI is InChI=1S/C14H20N2O2/c1-9(2)15-16(6)14(17)18-13-7-10(3)12(5)11(4)8-13/h7-8,15H,1H2,2-6H3. The van der Waals surface area contributed by atoms with Crippen molar-refractivity contribution in [2.75, 3.05) is 7.05 Å². The lowest BCUT2D eigenvalue weighted by Crippen LogP contribution is -2.39. The zero-order chi connectivity index (χ0) is 13.9. The molecule has 98 valence electrons. The highest BCUT2D eigenvalue weighted by atomic mass is 16.6. The van der Waals surface area contributed by atoms with Crippen LogP contribution in [0.5, 0.6) is 5.75 Å². The van der Waals surface area contributed by atoms with Crippen molar-refractivity contribution in [3.05, 3.63) is 41.1 Å². The van der Waals surface area contributed by atoms with Gasteiger partial charge in [-0.3, -0.25) is 5.43 Å². The Bertz CT molecular complexity index is 458. The largest absolute Gasteiger partial charge is 0.433 e. The van der Waals surface area contributed by atoms with Gasteiger partial charge in [0.2, 0.25) is 0 Å². The average molecular weight is 248 g/mol. The molecule has 0 unspecified atom stereocenters. The Balaban J connectivity index is 2.79. The van der Waals surface area contributed by atoms with Gasteiger partial charge in [0.05, 0.1) is 0 Å². The van der Waals surface area contributed by atoms with Gasteiger partial charge in [0.1, 0.15) is 5.75 Å². The summed E-state index contributed by atoms with van der Waals surface area (Å²) in [5.74, 6) is 0.552. The molecule has 0 saturated carbocycles. The average Bonchev–Trinajstić information content (AvgIpc) is 2.24. The highest BCUT2D eigenvalue weighted by Crippen LogP contribution is 2.21. The SMILES string of the molecule is C=C(C)NN(C)C(=O)Oc1cc(C)c(C)c(C)c1. The molecule has 0 aromatic heterocycles. The first kappa shape index (κ1) is 14.1. The Labute approximate surface area is 108 Å². The van der Waals surface area contributed by atoms with E-state index in [0.717, 1.165) is 11.1 Å². The second kappa shape index (κ2) is 5.58. The van der Waals surface area contributed by atoms with Crippen LogP contribution in [-0.2, 0) is 0 Å². The minimum atomic E-state index is -0.472. The molecule has 4 nitrogen and oxygen atoms in total. The number of rotatable bonds is 3. The third kappa shape index (κ3) is 3.52. The summed E-state index contributed by atoms with van der Waals surface area (Å²) in [7, 11) is 1.59. The monoisotopic (exact) mass is 248 g/mol. The van der Waals surface area contributed by atoms with Gasteiger partial charge in [-0.05, 0) is 56.5 Å². The van der Waals surface area contributed by atoms with Crippen LogP contribution in [0.3, 0.4) is 0 Å². The summed E-state index contributed by atoms with van der Waals surface area (Å²) in [6.45, 7) is 11.5. The van der Waals surface area contributed by atoms with Gasteiger partial charge in [-0.1, -0.05) is 6.58 Å². The zero-order valence-corrected chi connectivity index (χ0v) is 11.6. The molecule has 0 fully saturated rings. The highest BCUT2D eigenvalue weighted by molar-refractivity contribution is 5.70. The molecule has 0 aliphatic carbocycles. The van der Waals surface area contributed by atoms with Crippen molar-refractivity contribution >= 4 is 6.09 Å². The van der Waals surface area contributed by atoms with Gasteiger partial charge in [0.25, 0.3) is 0 Å². The molecular formula is C14H20N2O2. The maximum absolute atomic E-state index is 11.8. The van der Waals surface area contributed by atoms with Crippen molar-refractivity contribution in [1.29, 1.82) is 0 Å². The summed E-state index contributed by atoms with van der Waals surface area (Å²) in [4.78, 5) is 11.8. The molecule has 18 heavy (non-hydrogen) atoms. The summed E-state index contributed by atoms with van der Waals surface area (Å²) < 4.78 is 5.28. The Morgan fingerprint density at radius 3 is 2.22 bits per heavy atom. The van der Waals surface area contributed by atoms with Gasteiger partial charge in [0, 0.05) is 12.7 Å². The molecule has 0 atom stereocenters. The zero-order valence-electron chi connectivity index (χ0n) is 11.6. The van der Waals surface area contributed by atoms with Crippen LogP contribution in [0.25, 0.3) is 0 Å². The summed E-state index contributed by atoms with van der Waals surface area (Å²) >= 11 is 0. The van der Waals surface area contributed by atoms with E-state index < -0.39 is 6.09 Å². The molecule has 0 bridgehead atoms. The number of hydrogen-bond donors (Lipinski definition) is 1. The fourth-order valence-corrected chi connectivity index (χ4v) is 1.56. The van der Waals surface area contributed by atoms with Crippen LogP contribution in [0, 0.1) is 20.8 Å². The maximum Gasteiger partial charge on any atom is 0.433 e. The third-order valence-electron chi connectivity index (χ3n) is 2.74. The molecule has 0 aliphatic heterocycles. The second-order valence-corrected chi connectivity index (χ2v) is 4.50. The number of nitrogens with one attached hydrogen (secondary N) is 1. The second-order valence-electron chi connectivity index (χ2n) is 4.50. The number of benzene rings is 1. The van der Waals surface area contributed by atoms with Crippen LogP contribution >= 0.6 is 0 Å². The van der Waals surface area contributed by atoms with Gasteiger partial charge < -0.3 is 4.74 Å². The topological polar surface area (TPSA) is 41.6 Å².